The molecule has 0 saturated carbocycles. The smallest absolute Gasteiger partial charge is 0.303 e. The van der Waals surface area contributed by atoms with Gasteiger partial charge in [-0.2, -0.15) is 0 Å². The van der Waals surface area contributed by atoms with E-state index in [0.717, 1.165) is 48.3 Å². The van der Waals surface area contributed by atoms with Gasteiger partial charge in [0.2, 0.25) is 0 Å². The average Bonchev–Trinajstić information content (AvgIpc) is 2.67. The highest BCUT2D eigenvalue weighted by Crippen LogP contribution is 2.32. The van der Waals surface area contributed by atoms with Gasteiger partial charge in [-0.3, -0.25) is 4.79 Å². The summed E-state index contributed by atoms with van der Waals surface area (Å²) >= 11 is 0. The molecule has 2 aromatic carbocycles. The van der Waals surface area contributed by atoms with Gasteiger partial charge in [-0.15, -0.1) is 0 Å². The van der Waals surface area contributed by atoms with E-state index in [1.54, 1.807) is 0 Å². The number of ether oxygens (including phenoxy) is 1. The SMILES string of the molecule is O=C(O)CCc1cccc(CO)c1-c1ccc(C2CCOCC2)cc1. The molecule has 1 fully saturated rings. The van der Waals surface area contributed by atoms with E-state index in [1.807, 2.05) is 18.2 Å². The predicted octanol–water partition coefficient (Wildman–Crippen LogP) is 3.76. The lowest BCUT2D eigenvalue weighted by Gasteiger charge is -2.23. The minimum atomic E-state index is -0.810. The van der Waals surface area contributed by atoms with Crippen molar-refractivity contribution in [3.8, 4) is 11.1 Å². The molecule has 0 unspecified atom stereocenters. The molecule has 1 aliphatic heterocycles. The van der Waals surface area contributed by atoms with E-state index >= 15 is 0 Å². The molecule has 1 saturated heterocycles. The number of carboxylic acids is 1. The molecule has 0 radical (unpaired) electrons. The van der Waals surface area contributed by atoms with Crippen molar-refractivity contribution in [2.45, 2.75) is 38.2 Å². The largest absolute Gasteiger partial charge is 0.481 e. The maximum atomic E-state index is 10.9. The van der Waals surface area contributed by atoms with Gasteiger partial charge in [0.05, 0.1) is 6.61 Å². The van der Waals surface area contributed by atoms with E-state index in [9.17, 15) is 9.90 Å². The zero-order chi connectivity index (χ0) is 17.6. The Morgan fingerprint density at radius 2 is 1.72 bits per heavy atom. The van der Waals surface area contributed by atoms with Crippen LogP contribution in [0.4, 0.5) is 0 Å². The number of aryl methyl sites for hydroxylation is 1. The van der Waals surface area contributed by atoms with Crippen molar-refractivity contribution in [3.63, 3.8) is 0 Å². The van der Waals surface area contributed by atoms with E-state index in [1.165, 1.54) is 5.56 Å². The molecule has 0 spiro atoms. The monoisotopic (exact) mass is 340 g/mol. The third kappa shape index (κ3) is 4.27. The van der Waals surface area contributed by atoms with Gasteiger partial charge >= 0.3 is 5.97 Å². The Labute approximate surface area is 148 Å². The summed E-state index contributed by atoms with van der Waals surface area (Å²) in [7, 11) is 0. The quantitative estimate of drug-likeness (QED) is 0.840. The van der Waals surface area contributed by atoms with Gasteiger partial charge in [-0.25, -0.2) is 0 Å². The lowest BCUT2D eigenvalue weighted by Crippen LogP contribution is -2.13. The second kappa shape index (κ2) is 8.28. The summed E-state index contributed by atoms with van der Waals surface area (Å²) in [6.07, 6.45) is 2.65. The molecular weight excluding hydrogens is 316 g/mol. The van der Waals surface area contributed by atoms with Crippen LogP contribution in [0.15, 0.2) is 42.5 Å². The van der Waals surface area contributed by atoms with E-state index in [2.05, 4.69) is 24.3 Å². The molecule has 0 aromatic heterocycles. The summed E-state index contributed by atoms with van der Waals surface area (Å²) in [6.45, 7) is 1.58. The van der Waals surface area contributed by atoms with Gasteiger partial charge in [-0.05, 0) is 53.0 Å². The first-order valence-electron chi connectivity index (χ1n) is 8.80. The normalized spacial score (nSPS) is 15.2. The molecule has 132 valence electrons. The fraction of sp³-hybridized carbons (Fsp3) is 0.381. The molecule has 0 amide bonds. The molecule has 4 nitrogen and oxygen atoms in total. The Balaban J connectivity index is 1.90. The van der Waals surface area contributed by atoms with Crippen molar-refractivity contribution in [3.05, 3.63) is 59.2 Å². The molecule has 0 atom stereocenters. The number of hydrogen-bond donors (Lipinski definition) is 2. The molecular formula is C21H24O4. The topological polar surface area (TPSA) is 66.8 Å². The summed E-state index contributed by atoms with van der Waals surface area (Å²) in [6, 6.07) is 14.2. The highest BCUT2D eigenvalue weighted by atomic mass is 16.5. The van der Waals surface area contributed by atoms with Crippen LogP contribution in [-0.2, 0) is 22.6 Å². The summed E-state index contributed by atoms with van der Waals surface area (Å²) in [5, 5.41) is 18.7. The van der Waals surface area contributed by atoms with Gasteiger partial charge in [0.25, 0.3) is 0 Å². The van der Waals surface area contributed by atoms with Crippen LogP contribution < -0.4 is 0 Å². The molecule has 0 aliphatic carbocycles. The molecule has 2 N–H and O–H groups in total. The number of aliphatic hydroxyl groups is 1. The fourth-order valence-corrected chi connectivity index (χ4v) is 3.56. The number of aliphatic hydroxyl groups excluding tert-OH is 1. The van der Waals surface area contributed by atoms with Crippen molar-refractivity contribution in [2.24, 2.45) is 0 Å². The average molecular weight is 340 g/mol. The van der Waals surface area contributed by atoms with Crippen LogP contribution in [0, 0.1) is 0 Å². The third-order valence-corrected chi connectivity index (χ3v) is 4.91. The van der Waals surface area contributed by atoms with Crippen LogP contribution in [0.25, 0.3) is 11.1 Å². The van der Waals surface area contributed by atoms with Crippen molar-refractivity contribution in [2.75, 3.05) is 13.2 Å². The molecule has 25 heavy (non-hydrogen) atoms. The van der Waals surface area contributed by atoms with Crippen molar-refractivity contribution >= 4 is 5.97 Å². The lowest BCUT2D eigenvalue weighted by molar-refractivity contribution is -0.136. The number of carboxylic acid groups (broad SMARTS) is 1. The highest BCUT2D eigenvalue weighted by molar-refractivity contribution is 5.73. The Morgan fingerprint density at radius 1 is 1.04 bits per heavy atom. The van der Waals surface area contributed by atoms with Crippen LogP contribution in [0.5, 0.6) is 0 Å². The Kier molecular flexibility index (Phi) is 5.84. The Hall–Kier alpha value is -2.17. The molecule has 1 aliphatic rings. The van der Waals surface area contributed by atoms with E-state index in [-0.39, 0.29) is 13.0 Å². The van der Waals surface area contributed by atoms with Gasteiger partial charge in [-0.1, -0.05) is 42.5 Å². The summed E-state index contributed by atoms with van der Waals surface area (Å²) < 4.78 is 5.43. The zero-order valence-corrected chi connectivity index (χ0v) is 14.3. The minimum Gasteiger partial charge on any atom is -0.481 e. The standard InChI is InChI=1S/C21H24O4/c22-14-19-3-1-2-17(8-9-20(23)24)21(19)18-6-4-15(5-7-18)16-10-12-25-13-11-16/h1-7,16,22H,8-14H2,(H,23,24). The molecule has 3 rings (SSSR count). The zero-order valence-electron chi connectivity index (χ0n) is 14.3. The van der Waals surface area contributed by atoms with Gasteiger partial charge in [0.15, 0.2) is 0 Å². The maximum Gasteiger partial charge on any atom is 0.303 e. The van der Waals surface area contributed by atoms with Crippen LogP contribution in [0.1, 0.15) is 41.9 Å². The maximum absolute atomic E-state index is 10.9. The summed E-state index contributed by atoms with van der Waals surface area (Å²) in [4.78, 5) is 10.9. The van der Waals surface area contributed by atoms with E-state index < -0.39 is 5.97 Å². The van der Waals surface area contributed by atoms with Crippen LogP contribution in [0.3, 0.4) is 0 Å². The van der Waals surface area contributed by atoms with Crippen LogP contribution in [0.2, 0.25) is 0 Å². The molecule has 1 heterocycles. The number of carbonyl (C=O) groups is 1. The van der Waals surface area contributed by atoms with Crippen molar-refractivity contribution in [1.82, 2.24) is 0 Å². The van der Waals surface area contributed by atoms with Crippen LogP contribution in [-0.4, -0.2) is 29.4 Å². The highest BCUT2D eigenvalue weighted by Gasteiger charge is 2.17. The first kappa shape index (κ1) is 17.6. The third-order valence-electron chi connectivity index (χ3n) is 4.91. The first-order chi connectivity index (χ1) is 12.2. The molecule has 0 bridgehead atoms. The lowest BCUT2D eigenvalue weighted by atomic mass is 9.88. The summed E-state index contributed by atoms with van der Waals surface area (Å²) in [5.41, 5.74) is 5.11. The molecule has 2 aromatic rings. The number of hydrogen-bond acceptors (Lipinski definition) is 3. The number of rotatable bonds is 6. The number of aliphatic carboxylic acids is 1. The second-order valence-electron chi connectivity index (χ2n) is 6.51. The number of benzene rings is 2. The van der Waals surface area contributed by atoms with Crippen molar-refractivity contribution in [1.29, 1.82) is 0 Å². The van der Waals surface area contributed by atoms with Crippen molar-refractivity contribution < 1.29 is 19.7 Å². The second-order valence-corrected chi connectivity index (χ2v) is 6.51. The Morgan fingerprint density at radius 3 is 2.36 bits per heavy atom. The fourth-order valence-electron chi connectivity index (χ4n) is 3.56. The predicted molar refractivity (Wildman–Crippen MR) is 96.6 cm³/mol. The summed E-state index contributed by atoms with van der Waals surface area (Å²) in [5.74, 6) is -0.266. The molecule has 4 heteroatoms. The van der Waals surface area contributed by atoms with E-state index in [0.29, 0.717) is 12.3 Å². The first-order valence-corrected chi connectivity index (χ1v) is 8.80. The minimum absolute atomic E-state index is 0.0576. The van der Waals surface area contributed by atoms with E-state index in [4.69, 9.17) is 9.84 Å². The van der Waals surface area contributed by atoms with Gasteiger partial charge < -0.3 is 14.9 Å². The van der Waals surface area contributed by atoms with Gasteiger partial charge in [0.1, 0.15) is 0 Å². The Bertz CT molecular complexity index is 715. The van der Waals surface area contributed by atoms with Crippen LogP contribution >= 0.6 is 0 Å². The van der Waals surface area contributed by atoms with Gasteiger partial charge in [0, 0.05) is 19.6 Å².